The van der Waals surface area contributed by atoms with Gasteiger partial charge in [0.25, 0.3) is 0 Å². The second-order valence-corrected chi connectivity index (χ2v) is 10.3. The van der Waals surface area contributed by atoms with Gasteiger partial charge in [-0.05, 0) is 74.8 Å². The monoisotopic (exact) mass is 505 g/mol. The standard InChI is InChI=1S/C28H28ClN3O2S/c1-17-9-11-22(18(2)15-17)30-26(33)24-25-21-16-20(29)10-12-23(21)34-28(24,3)32(27(35)31-25)14-13-19-7-5-4-6-8-19/h4-12,15-16,24-25H,13-14H2,1-3H3,(H,30,33)(H,31,35)/t24-,25-,28+/m1/s1. The number of carbonyl (C=O) groups excluding carboxylic acids is 1. The van der Waals surface area contributed by atoms with E-state index in [1.165, 1.54) is 5.56 Å². The van der Waals surface area contributed by atoms with E-state index in [1.807, 2.05) is 74.2 Å². The number of rotatable bonds is 5. The van der Waals surface area contributed by atoms with E-state index < -0.39 is 11.6 Å². The topological polar surface area (TPSA) is 53.6 Å². The number of anilines is 1. The van der Waals surface area contributed by atoms with Crippen LogP contribution in [-0.4, -0.2) is 28.2 Å². The molecule has 2 heterocycles. The first kappa shape index (κ1) is 23.6. The van der Waals surface area contributed by atoms with Crippen molar-refractivity contribution < 1.29 is 9.53 Å². The smallest absolute Gasteiger partial charge is 0.236 e. The molecule has 7 heteroatoms. The van der Waals surface area contributed by atoms with Crippen LogP contribution in [0.4, 0.5) is 5.69 Å². The first-order chi connectivity index (χ1) is 16.8. The van der Waals surface area contributed by atoms with Crippen LogP contribution in [0, 0.1) is 19.8 Å². The van der Waals surface area contributed by atoms with Gasteiger partial charge in [-0.1, -0.05) is 59.6 Å². The lowest BCUT2D eigenvalue weighted by Gasteiger charge is -2.56. The van der Waals surface area contributed by atoms with Crippen LogP contribution in [0.15, 0.2) is 66.7 Å². The van der Waals surface area contributed by atoms with E-state index in [2.05, 4.69) is 28.8 Å². The van der Waals surface area contributed by atoms with Gasteiger partial charge in [0.05, 0.1) is 6.04 Å². The Bertz CT molecular complexity index is 1300. The number of hydrogen-bond donors (Lipinski definition) is 2. The molecule has 0 spiro atoms. The average Bonchev–Trinajstić information content (AvgIpc) is 2.81. The van der Waals surface area contributed by atoms with Crippen molar-refractivity contribution in [1.82, 2.24) is 10.2 Å². The molecule has 2 bridgehead atoms. The minimum atomic E-state index is -0.981. The molecule has 3 aromatic carbocycles. The van der Waals surface area contributed by atoms with Gasteiger partial charge in [-0.25, -0.2) is 0 Å². The number of ether oxygens (including phenoxy) is 1. The summed E-state index contributed by atoms with van der Waals surface area (Å²) >= 11 is 12.1. The molecule has 2 aliphatic heterocycles. The molecule has 1 saturated heterocycles. The van der Waals surface area contributed by atoms with Crippen LogP contribution in [0.5, 0.6) is 5.75 Å². The third kappa shape index (κ3) is 4.37. The van der Waals surface area contributed by atoms with Gasteiger partial charge in [0, 0.05) is 22.8 Å². The number of carbonyl (C=O) groups is 1. The van der Waals surface area contributed by atoms with Gasteiger partial charge in [-0.2, -0.15) is 0 Å². The van der Waals surface area contributed by atoms with E-state index in [-0.39, 0.29) is 11.9 Å². The largest absolute Gasteiger partial charge is 0.467 e. The Morgan fingerprint density at radius 2 is 1.91 bits per heavy atom. The van der Waals surface area contributed by atoms with Gasteiger partial charge >= 0.3 is 0 Å². The Kier molecular flexibility index (Phi) is 6.20. The van der Waals surface area contributed by atoms with E-state index in [0.29, 0.717) is 22.4 Å². The fourth-order valence-electron chi connectivity index (χ4n) is 5.19. The van der Waals surface area contributed by atoms with Crippen LogP contribution in [0.3, 0.4) is 0 Å². The molecule has 0 unspecified atom stereocenters. The van der Waals surface area contributed by atoms with Crippen molar-refractivity contribution in [1.29, 1.82) is 0 Å². The summed E-state index contributed by atoms with van der Waals surface area (Å²) in [6, 6.07) is 21.4. The number of nitrogens with zero attached hydrogens (tertiary/aromatic N) is 1. The highest BCUT2D eigenvalue weighted by Gasteiger charge is 2.58. The molecular weight excluding hydrogens is 478 g/mol. The number of thiocarbonyl (C=S) groups is 1. The van der Waals surface area contributed by atoms with Crippen molar-refractivity contribution in [3.63, 3.8) is 0 Å². The Hall–Kier alpha value is -3.09. The van der Waals surface area contributed by atoms with E-state index in [1.54, 1.807) is 0 Å². The summed E-state index contributed by atoms with van der Waals surface area (Å²) in [4.78, 5) is 15.9. The molecule has 1 amide bonds. The predicted molar refractivity (Wildman–Crippen MR) is 144 cm³/mol. The molecule has 35 heavy (non-hydrogen) atoms. The number of nitrogens with one attached hydrogen (secondary N) is 2. The Morgan fingerprint density at radius 1 is 1.14 bits per heavy atom. The zero-order chi connectivity index (χ0) is 24.7. The van der Waals surface area contributed by atoms with Crippen LogP contribution >= 0.6 is 23.8 Å². The van der Waals surface area contributed by atoms with Crippen LogP contribution in [0.2, 0.25) is 5.02 Å². The van der Waals surface area contributed by atoms with Gasteiger partial charge in [-0.3, -0.25) is 4.79 Å². The zero-order valence-electron chi connectivity index (χ0n) is 20.0. The van der Waals surface area contributed by atoms with Gasteiger partial charge in [-0.15, -0.1) is 0 Å². The van der Waals surface area contributed by atoms with Crippen molar-refractivity contribution in [2.75, 3.05) is 11.9 Å². The molecule has 0 saturated carbocycles. The van der Waals surface area contributed by atoms with Crippen molar-refractivity contribution >= 4 is 40.5 Å². The van der Waals surface area contributed by atoms with Crippen molar-refractivity contribution in [3.05, 3.63) is 94.0 Å². The van der Waals surface area contributed by atoms with Gasteiger partial charge in [0.2, 0.25) is 5.91 Å². The van der Waals surface area contributed by atoms with E-state index >= 15 is 0 Å². The van der Waals surface area contributed by atoms with E-state index in [4.69, 9.17) is 28.6 Å². The maximum atomic E-state index is 13.9. The van der Waals surface area contributed by atoms with E-state index in [9.17, 15) is 4.79 Å². The van der Waals surface area contributed by atoms with Crippen molar-refractivity contribution in [2.24, 2.45) is 5.92 Å². The Balaban J connectivity index is 1.52. The Labute approximate surface area is 216 Å². The molecule has 2 N–H and O–H groups in total. The minimum Gasteiger partial charge on any atom is -0.467 e. The summed E-state index contributed by atoms with van der Waals surface area (Å²) in [5.74, 6) is 0.00334. The summed E-state index contributed by atoms with van der Waals surface area (Å²) in [5.41, 5.74) is 4.00. The molecular formula is C28H28ClN3O2S. The molecule has 5 nitrogen and oxygen atoms in total. The summed E-state index contributed by atoms with van der Waals surface area (Å²) in [5, 5.41) is 7.75. The summed E-state index contributed by atoms with van der Waals surface area (Å²) in [6.45, 7) is 6.60. The summed E-state index contributed by atoms with van der Waals surface area (Å²) < 4.78 is 6.62. The highest BCUT2D eigenvalue weighted by Crippen LogP contribution is 2.49. The first-order valence-electron chi connectivity index (χ1n) is 11.7. The van der Waals surface area contributed by atoms with Crippen LogP contribution in [0.25, 0.3) is 0 Å². The molecule has 0 aromatic heterocycles. The van der Waals surface area contributed by atoms with E-state index in [0.717, 1.165) is 28.8 Å². The maximum Gasteiger partial charge on any atom is 0.236 e. The lowest BCUT2D eigenvalue weighted by molar-refractivity contribution is -0.149. The summed E-state index contributed by atoms with van der Waals surface area (Å²) in [6.07, 6.45) is 0.769. The number of halogens is 1. The van der Waals surface area contributed by atoms with Crippen LogP contribution in [-0.2, 0) is 11.2 Å². The predicted octanol–water partition coefficient (Wildman–Crippen LogP) is 5.79. The minimum absolute atomic E-state index is 0.130. The molecule has 5 rings (SSSR count). The highest BCUT2D eigenvalue weighted by atomic mass is 35.5. The number of hydrogen-bond acceptors (Lipinski definition) is 3. The lowest BCUT2D eigenvalue weighted by atomic mass is 9.78. The maximum absolute atomic E-state index is 13.9. The molecule has 0 aliphatic carbocycles. The molecule has 180 valence electrons. The number of aryl methyl sites for hydroxylation is 2. The van der Waals surface area contributed by atoms with Crippen molar-refractivity contribution in [2.45, 2.75) is 39.0 Å². The molecule has 3 atom stereocenters. The average molecular weight is 506 g/mol. The number of benzene rings is 3. The SMILES string of the molecule is Cc1ccc(NC(=O)[C@H]2[C@@H]3NC(=S)N(CCc4ccccc4)[C@@]2(C)Oc2ccc(Cl)cc23)c(C)c1. The molecule has 1 fully saturated rings. The quantitative estimate of drug-likeness (QED) is 0.429. The number of fused-ring (bicyclic) bond motifs is 4. The third-order valence-corrected chi connectivity index (χ3v) is 7.56. The second kappa shape index (κ2) is 9.17. The van der Waals surface area contributed by atoms with Crippen molar-refractivity contribution in [3.8, 4) is 5.75 Å². The fourth-order valence-corrected chi connectivity index (χ4v) is 5.77. The highest BCUT2D eigenvalue weighted by molar-refractivity contribution is 7.80. The lowest BCUT2D eigenvalue weighted by Crippen LogP contribution is -2.71. The fraction of sp³-hybridized carbons (Fsp3) is 0.286. The van der Waals surface area contributed by atoms with Crippen LogP contribution in [0.1, 0.15) is 35.2 Å². The number of amides is 1. The van der Waals surface area contributed by atoms with Gasteiger partial charge in [0.1, 0.15) is 11.7 Å². The second-order valence-electron chi connectivity index (χ2n) is 9.44. The van der Waals surface area contributed by atoms with Gasteiger partial charge < -0.3 is 20.3 Å². The first-order valence-corrected chi connectivity index (χ1v) is 12.5. The molecule has 2 aliphatic rings. The normalized spacial score (nSPS) is 22.6. The summed E-state index contributed by atoms with van der Waals surface area (Å²) in [7, 11) is 0. The molecule has 3 aromatic rings. The van der Waals surface area contributed by atoms with Gasteiger partial charge in [0.15, 0.2) is 10.8 Å². The molecule has 0 radical (unpaired) electrons. The third-order valence-electron chi connectivity index (χ3n) is 6.98. The van der Waals surface area contributed by atoms with Crippen LogP contribution < -0.4 is 15.4 Å². The Morgan fingerprint density at radius 3 is 2.66 bits per heavy atom. The zero-order valence-corrected chi connectivity index (χ0v) is 21.5.